The molecule has 0 spiro atoms. The zero-order chi connectivity index (χ0) is 15.4. The van der Waals surface area contributed by atoms with E-state index in [0.717, 1.165) is 12.8 Å². The average molecular weight is 295 g/mol. The van der Waals surface area contributed by atoms with Gasteiger partial charge in [-0.05, 0) is 19.8 Å². The van der Waals surface area contributed by atoms with E-state index in [1.54, 1.807) is 0 Å². The molecular formula is C14H17NO6. The number of nitro groups is 1. The van der Waals surface area contributed by atoms with E-state index in [9.17, 15) is 14.9 Å². The van der Waals surface area contributed by atoms with Crippen molar-refractivity contribution in [2.45, 2.75) is 32.0 Å². The van der Waals surface area contributed by atoms with Crippen molar-refractivity contribution in [2.24, 2.45) is 0 Å². The Morgan fingerprint density at radius 1 is 1.43 bits per heavy atom. The molecule has 21 heavy (non-hydrogen) atoms. The minimum Gasteiger partial charge on any atom is -0.493 e. The van der Waals surface area contributed by atoms with E-state index in [1.165, 1.54) is 19.2 Å². The van der Waals surface area contributed by atoms with Gasteiger partial charge in [0.25, 0.3) is 5.69 Å². The number of hydrogen-bond acceptors (Lipinski definition) is 6. The Morgan fingerprint density at radius 2 is 2.19 bits per heavy atom. The summed E-state index contributed by atoms with van der Waals surface area (Å²) in [5, 5.41) is 11.0. The monoisotopic (exact) mass is 295 g/mol. The lowest BCUT2D eigenvalue weighted by molar-refractivity contribution is -0.385. The Kier molecular flexibility index (Phi) is 4.74. The third kappa shape index (κ3) is 3.49. The van der Waals surface area contributed by atoms with Crippen LogP contribution in [0.5, 0.6) is 11.5 Å². The quantitative estimate of drug-likeness (QED) is 0.455. The summed E-state index contributed by atoms with van der Waals surface area (Å²) in [6.45, 7) is 2.28. The molecule has 114 valence electrons. The number of nitrogens with zero attached hydrogens (tertiary/aromatic N) is 1. The van der Waals surface area contributed by atoms with E-state index in [-0.39, 0.29) is 41.6 Å². The maximum Gasteiger partial charge on any atom is 0.283 e. The summed E-state index contributed by atoms with van der Waals surface area (Å²) in [5.74, 6) is 0.520. The number of methoxy groups -OCH3 is 1. The molecule has 0 aromatic heterocycles. The molecule has 0 N–H and O–H groups in total. The van der Waals surface area contributed by atoms with Gasteiger partial charge in [0.2, 0.25) is 0 Å². The highest BCUT2D eigenvalue weighted by atomic mass is 16.6. The van der Waals surface area contributed by atoms with Gasteiger partial charge in [0, 0.05) is 6.07 Å². The molecule has 1 fully saturated rings. The molecular weight excluding hydrogens is 278 g/mol. The Balaban J connectivity index is 2.18. The van der Waals surface area contributed by atoms with Crippen molar-refractivity contribution in [2.75, 3.05) is 13.7 Å². The number of hydrogen-bond donors (Lipinski definition) is 0. The van der Waals surface area contributed by atoms with Crippen molar-refractivity contribution < 1.29 is 23.9 Å². The number of rotatable bonds is 6. The van der Waals surface area contributed by atoms with Crippen LogP contribution in [0.1, 0.15) is 30.1 Å². The molecule has 0 radical (unpaired) electrons. The molecule has 7 nitrogen and oxygen atoms in total. The Bertz CT molecular complexity index is 545. The third-order valence-corrected chi connectivity index (χ3v) is 3.38. The van der Waals surface area contributed by atoms with Gasteiger partial charge in [0.15, 0.2) is 17.8 Å². The maximum absolute atomic E-state index is 11.0. The summed E-state index contributed by atoms with van der Waals surface area (Å²) in [4.78, 5) is 21.2. The van der Waals surface area contributed by atoms with Crippen LogP contribution < -0.4 is 9.47 Å². The van der Waals surface area contributed by atoms with E-state index in [2.05, 4.69) is 0 Å². The predicted octanol–water partition coefficient (Wildman–Crippen LogP) is 2.36. The second-order valence-corrected chi connectivity index (χ2v) is 4.89. The molecule has 2 unspecified atom stereocenters. The fourth-order valence-corrected chi connectivity index (χ4v) is 2.28. The molecule has 0 amide bonds. The van der Waals surface area contributed by atoms with Gasteiger partial charge in [-0.1, -0.05) is 0 Å². The zero-order valence-corrected chi connectivity index (χ0v) is 11.9. The van der Waals surface area contributed by atoms with Crippen LogP contribution in [0.3, 0.4) is 0 Å². The SMILES string of the molecule is COc1cc(C=O)c([N+](=O)[O-])cc1OCC1CCC(C)O1. The molecule has 0 aliphatic carbocycles. The lowest BCUT2D eigenvalue weighted by Gasteiger charge is -2.15. The normalized spacial score (nSPS) is 21.0. The Labute approximate surface area is 122 Å². The summed E-state index contributed by atoms with van der Waals surface area (Å²) in [6, 6.07) is 2.51. The lowest BCUT2D eigenvalue weighted by atomic mass is 10.1. The van der Waals surface area contributed by atoms with E-state index >= 15 is 0 Å². The van der Waals surface area contributed by atoms with Gasteiger partial charge in [-0.15, -0.1) is 0 Å². The molecule has 1 aliphatic heterocycles. The molecule has 7 heteroatoms. The van der Waals surface area contributed by atoms with Gasteiger partial charge < -0.3 is 14.2 Å². The van der Waals surface area contributed by atoms with E-state index < -0.39 is 4.92 Å². The van der Waals surface area contributed by atoms with Crippen LogP contribution in [-0.4, -0.2) is 37.1 Å². The van der Waals surface area contributed by atoms with Crippen LogP contribution in [-0.2, 0) is 4.74 Å². The smallest absolute Gasteiger partial charge is 0.283 e. The van der Waals surface area contributed by atoms with Gasteiger partial charge in [0.1, 0.15) is 6.61 Å². The summed E-state index contributed by atoms with van der Waals surface area (Å²) >= 11 is 0. The van der Waals surface area contributed by atoms with Crippen LogP contribution in [0.15, 0.2) is 12.1 Å². The topological polar surface area (TPSA) is 87.9 Å². The first-order chi connectivity index (χ1) is 10.0. The Hall–Kier alpha value is -2.15. The number of benzene rings is 1. The van der Waals surface area contributed by atoms with Crippen molar-refractivity contribution in [1.29, 1.82) is 0 Å². The molecule has 1 aliphatic rings. The van der Waals surface area contributed by atoms with E-state index in [4.69, 9.17) is 14.2 Å². The van der Waals surface area contributed by atoms with Gasteiger partial charge in [0.05, 0.1) is 35.9 Å². The summed E-state index contributed by atoms with van der Waals surface area (Å²) in [6.07, 6.45) is 2.45. The van der Waals surface area contributed by atoms with Crippen LogP contribution >= 0.6 is 0 Å². The van der Waals surface area contributed by atoms with Crippen molar-refractivity contribution in [3.05, 3.63) is 27.8 Å². The maximum atomic E-state index is 11.0. The molecule has 1 heterocycles. The molecule has 0 bridgehead atoms. The molecule has 2 rings (SSSR count). The minimum absolute atomic E-state index is 0.0329. The standard InChI is InChI=1S/C14H17NO6/c1-9-3-4-11(21-9)8-20-14-6-12(15(17)18)10(7-16)5-13(14)19-2/h5-7,9,11H,3-4,8H2,1-2H3. The zero-order valence-electron chi connectivity index (χ0n) is 11.9. The van der Waals surface area contributed by atoms with Crippen molar-refractivity contribution in [3.63, 3.8) is 0 Å². The first-order valence-electron chi connectivity index (χ1n) is 6.65. The summed E-state index contributed by atoms with van der Waals surface area (Å²) in [7, 11) is 1.41. The molecule has 2 atom stereocenters. The van der Waals surface area contributed by atoms with Gasteiger partial charge >= 0.3 is 0 Å². The van der Waals surface area contributed by atoms with E-state index in [0.29, 0.717) is 6.29 Å². The number of nitro benzene ring substituents is 1. The second-order valence-electron chi connectivity index (χ2n) is 4.89. The fourth-order valence-electron chi connectivity index (χ4n) is 2.28. The van der Waals surface area contributed by atoms with Crippen molar-refractivity contribution >= 4 is 12.0 Å². The highest BCUT2D eigenvalue weighted by Crippen LogP contribution is 2.34. The number of carbonyl (C=O) groups excluding carboxylic acids is 1. The fraction of sp³-hybridized carbons (Fsp3) is 0.500. The van der Waals surface area contributed by atoms with Gasteiger partial charge in [-0.25, -0.2) is 0 Å². The number of aldehydes is 1. The van der Waals surface area contributed by atoms with Gasteiger partial charge in [-0.2, -0.15) is 0 Å². The van der Waals surface area contributed by atoms with E-state index in [1.807, 2.05) is 6.92 Å². The first-order valence-corrected chi connectivity index (χ1v) is 6.65. The third-order valence-electron chi connectivity index (χ3n) is 3.38. The van der Waals surface area contributed by atoms with Crippen LogP contribution in [0.2, 0.25) is 0 Å². The number of ether oxygens (including phenoxy) is 3. The highest BCUT2D eigenvalue weighted by molar-refractivity contribution is 5.83. The number of carbonyl (C=O) groups is 1. The molecule has 0 saturated carbocycles. The average Bonchev–Trinajstić information content (AvgIpc) is 2.89. The minimum atomic E-state index is -0.621. The largest absolute Gasteiger partial charge is 0.493 e. The predicted molar refractivity (Wildman–Crippen MR) is 74.1 cm³/mol. The lowest BCUT2D eigenvalue weighted by Crippen LogP contribution is -2.18. The first kappa shape index (κ1) is 15.2. The molecule has 1 aromatic rings. The van der Waals surface area contributed by atoms with Gasteiger partial charge in [-0.3, -0.25) is 14.9 Å². The summed E-state index contributed by atoms with van der Waals surface area (Å²) < 4.78 is 16.3. The van der Waals surface area contributed by atoms with Crippen molar-refractivity contribution in [1.82, 2.24) is 0 Å². The summed E-state index contributed by atoms with van der Waals surface area (Å²) in [5.41, 5.74) is -0.351. The Morgan fingerprint density at radius 3 is 2.71 bits per heavy atom. The van der Waals surface area contributed by atoms with Crippen molar-refractivity contribution in [3.8, 4) is 11.5 Å². The highest BCUT2D eigenvalue weighted by Gasteiger charge is 2.24. The van der Waals surface area contributed by atoms with Crippen LogP contribution in [0.25, 0.3) is 0 Å². The van der Waals surface area contributed by atoms with Crippen LogP contribution in [0, 0.1) is 10.1 Å². The van der Waals surface area contributed by atoms with Crippen LogP contribution in [0.4, 0.5) is 5.69 Å². The molecule has 1 saturated heterocycles. The molecule has 1 aromatic carbocycles. The second kappa shape index (κ2) is 6.53.